The number of aromatic nitrogens is 1. The number of hydrogen-bond acceptors (Lipinski definition) is 3. The third-order valence-corrected chi connectivity index (χ3v) is 5.22. The lowest BCUT2D eigenvalue weighted by Gasteiger charge is -2.31. The molecule has 0 atom stereocenters. The zero-order valence-electron chi connectivity index (χ0n) is 10.4. The van der Waals surface area contributed by atoms with Gasteiger partial charge in [-0.15, -0.1) is 11.3 Å². The van der Waals surface area contributed by atoms with Crippen molar-refractivity contribution in [3.05, 3.63) is 16.1 Å². The van der Waals surface area contributed by atoms with Gasteiger partial charge in [0, 0.05) is 23.8 Å². The molecular weight excluding hydrogens is 228 g/mol. The minimum atomic E-state index is 0.470. The fourth-order valence-corrected chi connectivity index (χ4v) is 4.20. The molecule has 2 aliphatic carbocycles. The van der Waals surface area contributed by atoms with Crippen LogP contribution >= 0.6 is 11.3 Å². The Hall–Kier alpha value is -0.410. The van der Waals surface area contributed by atoms with Crippen molar-refractivity contribution >= 4 is 11.3 Å². The van der Waals surface area contributed by atoms with E-state index < -0.39 is 0 Å². The summed E-state index contributed by atoms with van der Waals surface area (Å²) in [5, 5.41) is 3.66. The van der Waals surface area contributed by atoms with E-state index >= 15 is 0 Å². The van der Waals surface area contributed by atoms with Crippen LogP contribution in [0.2, 0.25) is 0 Å². The van der Waals surface area contributed by atoms with Crippen LogP contribution in [0, 0.1) is 5.92 Å². The molecule has 0 aliphatic heterocycles. The van der Waals surface area contributed by atoms with Crippen molar-refractivity contribution in [3.8, 4) is 0 Å². The molecule has 0 bridgehead atoms. The predicted molar refractivity (Wildman–Crippen MR) is 72.3 cm³/mol. The normalized spacial score (nSPS) is 30.2. The average molecular weight is 250 g/mol. The van der Waals surface area contributed by atoms with Gasteiger partial charge in [0.05, 0.1) is 10.7 Å². The lowest BCUT2D eigenvalue weighted by Crippen LogP contribution is -2.37. The molecule has 2 saturated carbocycles. The zero-order chi connectivity index (χ0) is 11.7. The second-order valence-corrected chi connectivity index (χ2v) is 6.75. The molecule has 2 N–H and O–H groups in total. The number of hydrogen-bond donors (Lipinski definition) is 1. The molecule has 2 aliphatic rings. The molecule has 0 unspecified atom stereocenters. The van der Waals surface area contributed by atoms with Crippen LogP contribution in [0.4, 0.5) is 0 Å². The lowest BCUT2D eigenvalue weighted by atomic mass is 9.79. The Labute approximate surface area is 108 Å². The third kappa shape index (κ3) is 2.71. The largest absolute Gasteiger partial charge is 0.328 e. The predicted octanol–water partition coefficient (Wildman–Crippen LogP) is 3.47. The van der Waals surface area contributed by atoms with E-state index in [1.807, 2.05) is 11.3 Å². The fraction of sp³-hybridized carbons (Fsp3) is 0.786. The first-order chi connectivity index (χ1) is 8.31. The molecule has 0 amide bonds. The summed E-state index contributed by atoms with van der Waals surface area (Å²) in [5.41, 5.74) is 7.21. The molecule has 1 aromatic rings. The smallest absolute Gasteiger partial charge is 0.0931 e. The molecule has 1 aromatic heterocycles. The molecule has 2 fully saturated rings. The van der Waals surface area contributed by atoms with Crippen molar-refractivity contribution in [1.29, 1.82) is 0 Å². The highest BCUT2D eigenvalue weighted by molar-refractivity contribution is 7.09. The Bertz CT molecular complexity index is 362. The molecule has 3 heteroatoms. The Morgan fingerprint density at radius 3 is 2.71 bits per heavy atom. The Balaban J connectivity index is 1.58. The van der Waals surface area contributed by atoms with Crippen LogP contribution in [0.15, 0.2) is 5.38 Å². The zero-order valence-corrected chi connectivity index (χ0v) is 11.2. The molecule has 0 radical (unpaired) electrons. The van der Waals surface area contributed by atoms with Crippen LogP contribution in [-0.4, -0.2) is 11.0 Å². The van der Waals surface area contributed by atoms with Crippen molar-refractivity contribution < 1.29 is 0 Å². The summed E-state index contributed by atoms with van der Waals surface area (Å²) < 4.78 is 0. The van der Waals surface area contributed by atoms with Gasteiger partial charge in [0.25, 0.3) is 0 Å². The maximum atomic E-state index is 5.83. The van der Waals surface area contributed by atoms with Crippen molar-refractivity contribution in [2.45, 2.75) is 63.3 Å². The number of nitrogens with zero attached hydrogens (tertiary/aromatic N) is 1. The van der Waals surface area contributed by atoms with Crippen LogP contribution in [0.3, 0.4) is 0 Å². The first-order valence-corrected chi connectivity index (χ1v) is 7.89. The van der Waals surface area contributed by atoms with E-state index in [1.54, 1.807) is 0 Å². The molecule has 0 saturated heterocycles. The highest BCUT2D eigenvalue weighted by atomic mass is 32.1. The van der Waals surface area contributed by atoms with Gasteiger partial charge in [0.2, 0.25) is 0 Å². The van der Waals surface area contributed by atoms with Crippen LogP contribution in [-0.2, 0) is 6.42 Å². The van der Waals surface area contributed by atoms with Gasteiger partial charge in [-0.25, -0.2) is 4.98 Å². The molecular formula is C14H22N2S. The highest BCUT2D eigenvalue weighted by Gasteiger charge is 2.27. The minimum Gasteiger partial charge on any atom is -0.328 e. The van der Waals surface area contributed by atoms with Crippen molar-refractivity contribution in [1.82, 2.24) is 4.98 Å². The summed E-state index contributed by atoms with van der Waals surface area (Å²) in [6.45, 7) is 0. The van der Waals surface area contributed by atoms with E-state index in [-0.39, 0.29) is 0 Å². The second-order valence-electron chi connectivity index (χ2n) is 5.80. The van der Waals surface area contributed by atoms with Crippen LogP contribution in [0.1, 0.15) is 61.6 Å². The second kappa shape index (κ2) is 5.07. The summed E-state index contributed by atoms with van der Waals surface area (Å²) in [4.78, 5) is 4.86. The maximum absolute atomic E-state index is 5.83. The number of rotatable bonds is 3. The molecule has 0 spiro atoms. The average Bonchev–Trinajstić information content (AvgIpc) is 2.77. The minimum absolute atomic E-state index is 0.470. The summed E-state index contributed by atoms with van der Waals surface area (Å²) in [7, 11) is 0. The Morgan fingerprint density at radius 2 is 2.00 bits per heavy atom. The topological polar surface area (TPSA) is 38.9 Å². The highest BCUT2D eigenvalue weighted by Crippen LogP contribution is 2.35. The third-order valence-electron chi connectivity index (χ3n) is 4.33. The molecule has 0 aromatic carbocycles. The molecule has 3 rings (SSSR count). The van der Waals surface area contributed by atoms with E-state index in [0.717, 1.165) is 11.8 Å². The summed E-state index contributed by atoms with van der Waals surface area (Å²) in [6.07, 6.45) is 10.5. The number of nitrogens with two attached hydrogens (primary N) is 1. The SMILES string of the molecule is NC1CC(Cc2nc(C3CCCCC3)cs2)C1. The number of thiazole rings is 1. The van der Waals surface area contributed by atoms with Crippen LogP contribution in [0.5, 0.6) is 0 Å². The first kappa shape index (κ1) is 11.7. The van der Waals surface area contributed by atoms with E-state index in [9.17, 15) is 0 Å². The Kier molecular flexibility index (Phi) is 3.48. The van der Waals surface area contributed by atoms with Crippen LogP contribution < -0.4 is 5.73 Å². The van der Waals surface area contributed by atoms with Gasteiger partial charge in [-0.1, -0.05) is 19.3 Å². The van der Waals surface area contributed by atoms with Crippen molar-refractivity contribution in [2.24, 2.45) is 11.7 Å². The molecule has 17 heavy (non-hydrogen) atoms. The van der Waals surface area contributed by atoms with Crippen molar-refractivity contribution in [3.63, 3.8) is 0 Å². The van der Waals surface area contributed by atoms with Gasteiger partial charge in [-0.2, -0.15) is 0 Å². The standard InChI is InChI=1S/C14H22N2S/c15-12-6-10(7-12)8-14-16-13(9-17-14)11-4-2-1-3-5-11/h9-12H,1-8,15H2. The molecule has 94 valence electrons. The summed E-state index contributed by atoms with van der Waals surface area (Å²) in [6, 6.07) is 0.470. The lowest BCUT2D eigenvalue weighted by molar-refractivity contribution is 0.264. The fourth-order valence-electron chi connectivity index (χ4n) is 3.21. The van der Waals surface area contributed by atoms with E-state index in [1.165, 1.54) is 62.1 Å². The maximum Gasteiger partial charge on any atom is 0.0931 e. The summed E-state index contributed by atoms with van der Waals surface area (Å²) >= 11 is 1.87. The summed E-state index contributed by atoms with van der Waals surface area (Å²) in [5.74, 6) is 1.58. The quantitative estimate of drug-likeness (QED) is 0.892. The van der Waals surface area contributed by atoms with Gasteiger partial charge >= 0.3 is 0 Å². The molecule has 1 heterocycles. The van der Waals surface area contributed by atoms with Gasteiger partial charge in [0.15, 0.2) is 0 Å². The molecule has 2 nitrogen and oxygen atoms in total. The van der Waals surface area contributed by atoms with Gasteiger partial charge in [-0.05, 0) is 31.6 Å². The van der Waals surface area contributed by atoms with Crippen LogP contribution in [0.25, 0.3) is 0 Å². The van der Waals surface area contributed by atoms with E-state index in [0.29, 0.717) is 6.04 Å². The Morgan fingerprint density at radius 1 is 1.24 bits per heavy atom. The van der Waals surface area contributed by atoms with Crippen molar-refractivity contribution in [2.75, 3.05) is 0 Å². The van der Waals surface area contributed by atoms with Gasteiger partial charge in [0.1, 0.15) is 0 Å². The van der Waals surface area contributed by atoms with E-state index in [2.05, 4.69) is 5.38 Å². The first-order valence-electron chi connectivity index (χ1n) is 7.01. The van der Waals surface area contributed by atoms with Gasteiger partial charge in [-0.3, -0.25) is 0 Å². The van der Waals surface area contributed by atoms with E-state index in [4.69, 9.17) is 10.7 Å². The van der Waals surface area contributed by atoms with Gasteiger partial charge < -0.3 is 5.73 Å². The monoisotopic (exact) mass is 250 g/mol.